The maximum absolute atomic E-state index is 5.19. The van der Waals surface area contributed by atoms with Gasteiger partial charge < -0.3 is 15.0 Å². The van der Waals surface area contributed by atoms with Crippen molar-refractivity contribution in [3.63, 3.8) is 0 Å². The highest BCUT2D eigenvalue weighted by molar-refractivity contribution is 5.91. The topological polar surface area (TPSA) is 79.0 Å². The van der Waals surface area contributed by atoms with Crippen LogP contribution in [0.5, 0.6) is 0 Å². The first kappa shape index (κ1) is 15.8. The maximum Gasteiger partial charge on any atom is 0.227 e. The van der Waals surface area contributed by atoms with E-state index >= 15 is 0 Å². The fourth-order valence-electron chi connectivity index (χ4n) is 3.26. The molecule has 0 saturated carbocycles. The molecule has 1 aliphatic rings. The molecule has 3 heterocycles. The first-order valence-corrected chi connectivity index (χ1v) is 8.54. The molecule has 25 heavy (non-hydrogen) atoms. The summed E-state index contributed by atoms with van der Waals surface area (Å²) < 4.78 is 5.19. The van der Waals surface area contributed by atoms with E-state index in [2.05, 4.69) is 49.7 Å². The van der Waals surface area contributed by atoms with Crippen LogP contribution in [0.25, 0.3) is 11.0 Å². The van der Waals surface area contributed by atoms with Gasteiger partial charge in [0.1, 0.15) is 5.82 Å². The Bertz CT molecular complexity index is 863. The van der Waals surface area contributed by atoms with Gasteiger partial charge in [0.25, 0.3) is 0 Å². The molecule has 2 N–H and O–H groups in total. The SMILES string of the molecule is COC[C@H](C)Nc1nc2c3c(n[nH]c3n1)CCN2Cc1ccccc1. The molecule has 0 spiro atoms. The molecule has 3 aromatic rings. The summed E-state index contributed by atoms with van der Waals surface area (Å²) in [5.41, 5.74) is 3.10. The molecule has 0 radical (unpaired) electrons. The average molecular weight is 338 g/mol. The highest BCUT2D eigenvalue weighted by Crippen LogP contribution is 2.32. The van der Waals surface area contributed by atoms with Crippen molar-refractivity contribution < 1.29 is 4.74 Å². The summed E-state index contributed by atoms with van der Waals surface area (Å²) in [6.45, 7) is 4.36. The van der Waals surface area contributed by atoms with Crippen molar-refractivity contribution in [1.82, 2.24) is 20.2 Å². The highest BCUT2D eigenvalue weighted by Gasteiger charge is 2.25. The molecule has 1 aliphatic heterocycles. The van der Waals surface area contributed by atoms with Gasteiger partial charge in [-0.1, -0.05) is 30.3 Å². The average Bonchev–Trinajstić information content (AvgIpc) is 3.02. The molecule has 2 aromatic heterocycles. The molecule has 7 nitrogen and oxygen atoms in total. The van der Waals surface area contributed by atoms with Crippen molar-refractivity contribution in [3.8, 4) is 0 Å². The Morgan fingerprint density at radius 2 is 2.12 bits per heavy atom. The predicted octanol–water partition coefficient (Wildman–Crippen LogP) is 2.36. The molecule has 1 atom stereocenters. The van der Waals surface area contributed by atoms with E-state index in [4.69, 9.17) is 9.72 Å². The summed E-state index contributed by atoms with van der Waals surface area (Å²) in [4.78, 5) is 11.7. The van der Waals surface area contributed by atoms with Crippen LogP contribution >= 0.6 is 0 Å². The third-order valence-electron chi connectivity index (χ3n) is 4.40. The smallest absolute Gasteiger partial charge is 0.227 e. The van der Waals surface area contributed by atoms with E-state index in [1.807, 2.05) is 13.0 Å². The van der Waals surface area contributed by atoms with Crippen LogP contribution in [0.4, 0.5) is 11.8 Å². The third-order valence-corrected chi connectivity index (χ3v) is 4.40. The number of nitrogens with zero attached hydrogens (tertiary/aromatic N) is 4. The summed E-state index contributed by atoms with van der Waals surface area (Å²) in [5.74, 6) is 1.54. The minimum Gasteiger partial charge on any atom is -0.383 e. The van der Waals surface area contributed by atoms with Crippen LogP contribution in [0.15, 0.2) is 30.3 Å². The Kier molecular flexibility index (Phi) is 4.23. The molecule has 0 bridgehead atoms. The Labute approximate surface area is 146 Å². The molecule has 7 heteroatoms. The van der Waals surface area contributed by atoms with E-state index < -0.39 is 0 Å². The van der Waals surface area contributed by atoms with Gasteiger partial charge in [-0.3, -0.25) is 5.10 Å². The summed E-state index contributed by atoms with van der Waals surface area (Å²) in [6, 6.07) is 10.6. The van der Waals surface area contributed by atoms with Gasteiger partial charge in [-0.05, 0) is 12.5 Å². The van der Waals surface area contributed by atoms with Crippen LogP contribution < -0.4 is 10.2 Å². The monoisotopic (exact) mass is 338 g/mol. The Balaban J connectivity index is 1.69. The van der Waals surface area contributed by atoms with Crippen LogP contribution in [-0.4, -0.2) is 46.5 Å². The zero-order chi connectivity index (χ0) is 17.2. The number of anilines is 2. The normalized spacial score (nSPS) is 14.7. The van der Waals surface area contributed by atoms with E-state index in [-0.39, 0.29) is 6.04 Å². The lowest BCUT2D eigenvalue weighted by atomic mass is 10.1. The lowest BCUT2D eigenvalue weighted by molar-refractivity contribution is 0.190. The molecule has 4 rings (SSSR count). The van der Waals surface area contributed by atoms with Gasteiger partial charge in [0.05, 0.1) is 17.7 Å². The second-order valence-corrected chi connectivity index (χ2v) is 6.42. The number of benzene rings is 1. The molecule has 0 amide bonds. The van der Waals surface area contributed by atoms with E-state index in [0.29, 0.717) is 12.6 Å². The van der Waals surface area contributed by atoms with Crippen molar-refractivity contribution in [2.24, 2.45) is 0 Å². The second kappa shape index (κ2) is 6.68. The van der Waals surface area contributed by atoms with Crippen LogP contribution in [0, 0.1) is 0 Å². The zero-order valence-corrected chi connectivity index (χ0v) is 14.5. The Morgan fingerprint density at radius 1 is 1.28 bits per heavy atom. The first-order valence-electron chi connectivity index (χ1n) is 8.54. The fraction of sp³-hybridized carbons (Fsp3) is 0.389. The number of rotatable bonds is 6. The summed E-state index contributed by atoms with van der Waals surface area (Å²) in [5, 5.41) is 11.8. The lowest BCUT2D eigenvalue weighted by Crippen LogP contribution is -2.30. The lowest BCUT2D eigenvalue weighted by Gasteiger charge is -2.28. The van der Waals surface area contributed by atoms with Gasteiger partial charge in [-0.2, -0.15) is 15.1 Å². The summed E-state index contributed by atoms with van der Waals surface area (Å²) >= 11 is 0. The molecular weight excluding hydrogens is 316 g/mol. The minimum atomic E-state index is 0.128. The largest absolute Gasteiger partial charge is 0.383 e. The summed E-state index contributed by atoms with van der Waals surface area (Å²) in [7, 11) is 1.69. The minimum absolute atomic E-state index is 0.128. The van der Waals surface area contributed by atoms with Crippen LogP contribution in [0.2, 0.25) is 0 Å². The van der Waals surface area contributed by atoms with Gasteiger partial charge in [0.2, 0.25) is 5.95 Å². The Morgan fingerprint density at radius 3 is 2.92 bits per heavy atom. The fourth-order valence-corrected chi connectivity index (χ4v) is 3.26. The van der Waals surface area contributed by atoms with Crippen molar-refractivity contribution in [2.45, 2.75) is 25.9 Å². The number of hydrogen-bond donors (Lipinski definition) is 2. The van der Waals surface area contributed by atoms with Crippen molar-refractivity contribution in [2.75, 3.05) is 30.5 Å². The molecular formula is C18H22N6O. The number of H-pyrrole nitrogens is 1. The van der Waals surface area contributed by atoms with Gasteiger partial charge in [-0.15, -0.1) is 0 Å². The molecule has 1 aromatic carbocycles. The number of nitrogens with one attached hydrogen (secondary N) is 2. The number of aromatic nitrogens is 4. The summed E-state index contributed by atoms with van der Waals surface area (Å²) in [6.07, 6.45) is 0.899. The zero-order valence-electron chi connectivity index (χ0n) is 14.5. The number of hydrogen-bond acceptors (Lipinski definition) is 6. The third kappa shape index (κ3) is 3.15. The maximum atomic E-state index is 5.19. The standard InChI is InChI=1S/C18H22N6O/c1-12(11-25-2)19-18-20-16-15-14(22-23-16)8-9-24(17(15)21-18)10-13-6-4-3-5-7-13/h3-7,12H,8-11H2,1-2H3,(H2,19,20,21,22,23)/t12-/m0/s1. The molecule has 130 valence electrons. The van der Waals surface area contributed by atoms with E-state index in [1.54, 1.807) is 7.11 Å². The van der Waals surface area contributed by atoms with Gasteiger partial charge in [-0.25, -0.2) is 0 Å². The van der Waals surface area contributed by atoms with Crippen molar-refractivity contribution in [1.29, 1.82) is 0 Å². The molecule has 0 fully saturated rings. The number of ether oxygens (including phenoxy) is 1. The van der Waals surface area contributed by atoms with E-state index in [1.165, 1.54) is 5.56 Å². The van der Waals surface area contributed by atoms with Crippen LogP contribution in [-0.2, 0) is 17.7 Å². The number of methoxy groups -OCH3 is 1. The van der Waals surface area contributed by atoms with E-state index in [9.17, 15) is 0 Å². The highest BCUT2D eigenvalue weighted by atomic mass is 16.5. The second-order valence-electron chi connectivity index (χ2n) is 6.42. The predicted molar refractivity (Wildman–Crippen MR) is 97.8 cm³/mol. The van der Waals surface area contributed by atoms with E-state index in [0.717, 1.165) is 42.1 Å². The quantitative estimate of drug-likeness (QED) is 0.718. The molecule has 0 unspecified atom stereocenters. The van der Waals surface area contributed by atoms with Crippen molar-refractivity contribution >= 4 is 22.8 Å². The van der Waals surface area contributed by atoms with Gasteiger partial charge >= 0.3 is 0 Å². The van der Waals surface area contributed by atoms with Gasteiger partial charge in [0, 0.05) is 32.7 Å². The Hall–Kier alpha value is -2.67. The first-order chi connectivity index (χ1) is 12.2. The number of aromatic amines is 1. The van der Waals surface area contributed by atoms with Crippen LogP contribution in [0.3, 0.4) is 0 Å². The molecule has 0 aliphatic carbocycles. The van der Waals surface area contributed by atoms with Gasteiger partial charge in [0.15, 0.2) is 5.65 Å². The van der Waals surface area contributed by atoms with Crippen LogP contribution in [0.1, 0.15) is 18.2 Å². The van der Waals surface area contributed by atoms with Crippen molar-refractivity contribution in [3.05, 3.63) is 41.6 Å². The molecule has 0 saturated heterocycles.